The summed E-state index contributed by atoms with van der Waals surface area (Å²) in [7, 11) is 0. The molecule has 0 unspecified atom stereocenters. The molecule has 0 bridgehead atoms. The lowest BCUT2D eigenvalue weighted by molar-refractivity contribution is -0.157. The fraction of sp³-hybridized carbons (Fsp3) is 0.923. The highest BCUT2D eigenvalue weighted by Gasteiger charge is 2.22. The lowest BCUT2D eigenvalue weighted by Crippen LogP contribution is -2.27. The molecule has 0 radical (unpaired) electrons. The van der Waals surface area contributed by atoms with E-state index >= 15 is 0 Å². The van der Waals surface area contributed by atoms with E-state index in [0.29, 0.717) is 25.6 Å². The van der Waals surface area contributed by atoms with Gasteiger partial charge in [-0.05, 0) is 39.5 Å². The third-order valence-electron chi connectivity index (χ3n) is 2.33. The van der Waals surface area contributed by atoms with Gasteiger partial charge >= 0.3 is 5.97 Å². The van der Waals surface area contributed by atoms with E-state index in [1.165, 1.54) is 0 Å². The van der Waals surface area contributed by atoms with Crippen LogP contribution in [0.3, 0.4) is 0 Å². The molecule has 0 aromatic carbocycles. The summed E-state index contributed by atoms with van der Waals surface area (Å²) in [6.07, 6.45) is 0.439. The second kappa shape index (κ2) is 6.89. The van der Waals surface area contributed by atoms with Crippen LogP contribution < -0.4 is 0 Å². The van der Waals surface area contributed by atoms with E-state index in [2.05, 4.69) is 13.8 Å². The molecule has 0 aromatic heterocycles. The maximum Gasteiger partial charge on any atom is 0.306 e. The molecule has 0 amide bonds. The number of esters is 1. The Hall–Kier alpha value is -0.570. The van der Waals surface area contributed by atoms with Gasteiger partial charge in [0.1, 0.15) is 5.60 Å². The average molecular weight is 230 g/mol. The summed E-state index contributed by atoms with van der Waals surface area (Å²) in [6.45, 7) is 13.2. The van der Waals surface area contributed by atoms with E-state index in [4.69, 9.17) is 9.47 Å². The van der Waals surface area contributed by atoms with Crippen LogP contribution in [-0.2, 0) is 14.3 Å². The Bertz CT molecular complexity index is 204. The van der Waals surface area contributed by atoms with Gasteiger partial charge in [-0.2, -0.15) is 0 Å². The average Bonchev–Trinajstić information content (AvgIpc) is 2.08. The van der Waals surface area contributed by atoms with Crippen LogP contribution in [0.1, 0.15) is 48.0 Å². The molecule has 96 valence electrons. The quantitative estimate of drug-likeness (QED) is 0.658. The first-order valence-corrected chi connectivity index (χ1v) is 6.05. The van der Waals surface area contributed by atoms with Crippen LogP contribution in [0.5, 0.6) is 0 Å². The van der Waals surface area contributed by atoms with Gasteiger partial charge in [-0.1, -0.05) is 13.8 Å². The van der Waals surface area contributed by atoms with Crippen LogP contribution in [0.15, 0.2) is 0 Å². The van der Waals surface area contributed by atoms with Crippen molar-refractivity contribution in [2.45, 2.75) is 53.6 Å². The molecule has 0 aliphatic heterocycles. The molecule has 0 aliphatic rings. The van der Waals surface area contributed by atoms with Gasteiger partial charge in [-0.15, -0.1) is 0 Å². The number of carbonyl (C=O) groups is 1. The maximum atomic E-state index is 11.7. The third kappa shape index (κ3) is 7.69. The Morgan fingerprint density at radius 3 is 2.19 bits per heavy atom. The topological polar surface area (TPSA) is 35.5 Å². The Morgan fingerprint density at radius 2 is 1.81 bits per heavy atom. The number of rotatable bonds is 6. The molecule has 0 spiro atoms. The summed E-state index contributed by atoms with van der Waals surface area (Å²) in [4.78, 5) is 11.7. The molecular formula is C13H26O3. The van der Waals surface area contributed by atoms with E-state index in [0.717, 1.165) is 0 Å². The van der Waals surface area contributed by atoms with Gasteiger partial charge in [-0.3, -0.25) is 4.79 Å². The molecular weight excluding hydrogens is 204 g/mol. The first-order chi connectivity index (χ1) is 7.26. The first-order valence-electron chi connectivity index (χ1n) is 6.05. The van der Waals surface area contributed by atoms with Crippen molar-refractivity contribution in [2.75, 3.05) is 13.2 Å². The SMILES string of the molecule is CCOC[C@H](CC(=O)OC(C)(C)C)C(C)C. The minimum absolute atomic E-state index is 0.133. The molecule has 3 nitrogen and oxygen atoms in total. The van der Waals surface area contributed by atoms with Gasteiger partial charge in [0.15, 0.2) is 0 Å². The molecule has 0 rings (SSSR count). The van der Waals surface area contributed by atoms with Crippen LogP contribution in [0.2, 0.25) is 0 Å². The number of hydrogen-bond donors (Lipinski definition) is 0. The van der Waals surface area contributed by atoms with Crippen molar-refractivity contribution >= 4 is 5.97 Å². The lowest BCUT2D eigenvalue weighted by atomic mass is 9.93. The van der Waals surface area contributed by atoms with Crippen LogP contribution in [-0.4, -0.2) is 24.8 Å². The van der Waals surface area contributed by atoms with Gasteiger partial charge < -0.3 is 9.47 Å². The van der Waals surface area contributed by atoms with Gasteiger partial charge in [0, 0.05) is 6.61 Å². The predicted octanol–water partition coefficient (Wildman–Crippen LogP) is 3.03. The summed E-state index contributed by atoms with van der Waals surface area (Å²) in [5.74, 6) is 0.541. The first kappa shape index (κ1) is 15.4. The molecule has 16 heavy (non-hydrogen) atoms. The standard InChI is InChI=1S/C13H26O3/c1-7-15-9-11(10(2)3)8-12(14)16-13(4,5)6/h10-11H,7-9H2,1-6H3/t11-/m0/s1. The van der Waals surface area contributed by atoms with Crippen molar-refractivity contribution in [1.82, 2.24) is 0 Å². The van der Waals surface area contributed by atoms with Crippen molar-refractivity contribution in [3.63, 3.8) is 0 Å². The molecule has 1 atom stereocenters. The second-order valence-electron chi connectivity index (χ2n) is 5.45. The fourth-order valence-electron chi connectivity index (χ4n) is 1.35. The van der Waals surface area contributed by atoms with Gasteiger partial charge in [0.2, 0.25) is 0 Å². The molecule has 0 heterocycles. The van der Waals surface area contributed by atoms with Crippen LogP contribution >= 0.6 is 0 Å². The number of hydrogen-bond acceptors (Lipinski definition) is 3. The lowest BCUT2D eigenvalue weighted by Gasteiger charge is -2.24. The largest absolute Gasteiger partial charge is 0.460 e. The monoisotopic (exact) mass is 230 g/mol. The van der Waals surface area contributed by atoms with Gasteiger partial charge in [0.05, 0.1) is 13.0 Å². The van der Waals surface area contributed by atoms with Crippen molar-refractivity contribution in [1.29, 1.82) is 0 Å². The zero-order chi connectivity index (χ0) is 12.8. The van der Waals surface area contributed by atoms with Crippen LogP contribution in [0, 0.1) is 11.8 Å². The normalized spacial score (nSPS) is 13.9. The molecule has 0 N–H and O–H groups in total. The van der Waals surface area contributed by atoms with E-state index in [1.807, 2.05) is 27.7 Å². The van der Waals surface area contributed by atoms with Crippen molar-refractivity contribution in [3.05, 3.63) is 0 Å². The summed E-state index contributed by atoms with van der Waals surface area (Å²) in [6, 6.07) is 0. The van der Waals surface area contributed by atoms with Crippen molar-refractivity contribution in [3.8, 4) is 0 Å². The smallest absolute Gasteiger partial charge is 0.306 e. The van der Waals surface area contributed by atoms with Crippen molar-refractivity contribution in [2.24, 2.45) is 11.8 Å². The van der Waals surface area contributed by atoms with E-state index in [-0.39, 0.29) is 11.9 Å². The predicted molar refractivity (Wildman–Crippen MR) is 65.3 cm³/mol. The summed E-state index contributed by atoms with van der Waals surface area (Å²) < 4.78 is 10.7. The Kier molecular flexibility index (Phi) is 6.65. The van der Waals surface area contributed by atoms with Crippen molar-refractivity contribution < 1.29 is 14.3 Å². The molecule has 0 saturated heterocycles. The second-order valence-corrected chi connectivity index (χ2v) is 5.45. The number of carbonyl (C=O) groups excluding carboxylic acids is 1. The Labute approximate surface area is 99.5 Å². The highest BCUT2D eigenvalue weighted by Crippen LogP contribution is 2.18. The Morgan fingerprint density at radius 1 is 1.25 bits per heavy atom. The van der Waals surface area contributed by atoms with Crippen LogP contribution in [0.4, 0.5) is 0 Å². The maximum absolute atomic E-state index is 11.7. The molecule has 0 fully saturated rings. The molecule has 0 saturated carbocycles. The number of ether oxygens (including phenoxy) is 2. The zero-order valence-electron chi connectivity index (χ0n) is 11.5. The van der Waals surface area contributed by atoms with Gasteiger partial charge in [-0.25, -0.2) is 0 Å². The minimum atomic E-state index is -0.399. The summed E-state index contributed by atoms with van der Waals surface area (Å²) in [5.41, 5.74) is -0.399. The highest BCUT2D eigenvalue weighted by atomic mass is 16.6. The summed E-state index contributed by atoms with van der Waals surface area (Å²) >= 11 is 0. The molecule has 0 aromatic rings. The van der Waals surface area contributed by atoms with E-state index in [9.17, 15) is 4.79 Å². The van der Waals surface area contributed by atoms with E-state index in [1.54, 1.807) is 0 Å². The third-order valence-corrected chi connectivity index (χ3v) is 2.33. The van der Waals surface area contributed by atoms with Crippen LogP contribution in [0.25, 0.3) is 0 Å². The zero-order valence-corrected chi connectivity index (χ0v) is 11.5. The Balaban J connectivity index is 4.13. The fourth-order valence-corrected chi connectivity index (χ4v) is 1.35. The molecule has 3 heteroatoms. The summed E-state index contributed by atoms with van der Waals surface area (Å²) in [5, 5.41) is 0. The highest BCUT2D eigenvalue weighted by molar-refractivity contribution is 5.70. The van der Waals surface area contributed by atoms with E-state index < -0.39 is 5.60 Å². The molecule has 0 aliphatic carbocycles. The minimum Gasteiger partial charge on any atom is -0.460 e. The van der Waals surface area contributed by atoms with Gasteiger partial charge in [0.25, 0.3) is 0 Å².